The van der Waals surface area contributed by atoms with Gasteiger partial charge in [0, 0.05) is 29.7 Å². The van der Waals surface area contributed by atoms with Crippen molar-refractivity contribution < 1.29 is 8.42 Å². The Morgan fingerprint density at radius 1 is 0.963 bits per heavy atom. The second kappa shape index (κ2) is 6.80. The van der Waals surface area contributed by atoms with Crippen LogP contribution in [-0.4, -0.2) is 30.8 Å². The van der Waals surface area contributed by atoms with E-state index in [4.69, 9.17) is 0 Å². The number of aryl methyl sites for hydroxylation is 3. The van der Waals surface area contributed by atoms with Crippen molar-refractivity contribution in [1.82, 2.24) is 9.29 Å². The van der Waals surface area contributed by atoms with Crippen LogP contribution in [0.2, 0.25) is 0 Å². The summed E-state index contributed by atoms with van der Waals surface area (Å²) >= 11 is 0. The van der Waals surface area contributed by atoms with Crippen LogP contribution in [0, 0.1) is 20.8 Å². The predicted molar refractivity (Wildman–Crippen MR) is 110 cm³/mol. The molecule has 4 rings (SSSR count). The van der Waals surface area contributed by atoms with Gasteiger partial charge in [-0.05, 0) is 74.4 Å². The summed E-state index contributed by atoms with van der Waals surface area (Å²) in [7, 11) is -3.42. The first-order valence-corrected chi connectivity index (χ1v) is 11.0. The second-order valence-electron chi connectivity index (χ2n) is 7.63. The number of aromatic amines is 1. The molecule has 0 spiro atoms. The fraction of sp³-hybridized carbons (Fsp3) is 0.364. The van der Waals surface area contributed by atoms with Gasteiger partial charge in [0.15, 0.2) is 0 Å². The molecule has 1 N–H and O–H groups in total. The average molecular weight is 383 g/mol. The first-order chi connectivity index (χ1) is 12.9. The lowest BCUT2D eigenvalue weighted by atomic mass is 9.88. The number of para-hydroxylation sites is 1. The van der Waals surface area contributed by atoms with E-state index in [1.54, 1.807) is 16.4 Å². The molecule has 5 heteroatoms. The van der Waals surface area contributed by atoms with Crippen molar-refractivity contribution in [2.45, 2.75) is 44.4 Å². The Hall–Kier alpha value is -2.11. The highest BCUT2D eigenvalue weighted by atomic mass is 32.2. The summed E-state index contributed by atoms with van der Waals surface area (Å²) in [6, 6.07) is 13.8. The fourth-order valence-electron chi connectivity index (χ4n) is 4.23. The summed E-state index contributed by atoms with van der Waals surface area (Å²) in [5.41, 5.74) is 5.85. The number of aromatic nitrogens is 1. The lowest BCUT2D eigenvalue weighted by molar-refractivity contribution is 0.320. The molecule has 0 aliphatic carbocycles. The van der Waals surface area contributed by atoms with E-state index >= 15 is 0 Å². The topological polar surface area (TPSA) is 53.2 Å². The molecule has 1 aliphatic heterocycles. The molecule has 0 saturated carbocycles. The van der Waals surface area contributed by atoms with Crippen molar-refractivity contribution in [1.29, 1.82) is 0 Å². The lowest BCUT2D eigenvalue weighted by Gasteiger charge is -2.31. The van der Waals surface area contributed by atoms with E-state index in [1.165, 1.54) is 16.6 Å². The number of rotatable bonds is 3. The van der Waals surface area contributed by atoms with Gasteiger partial charge in [0.2, 0.25) is 10.0 Å². The molecule has 1 fully saturated rings. The number of H-pyrrole nitrogens is 1. The minimum absolute atomic E-state index is 0.396. The molecule has 0 atom stereocenters. The zero-order valence-corrected chi connectivity index (χ0v) is 16.9. The fourth-order valence-corrected chi connectivity index (χ4v) is 5.79. The molecule has 1 saturated heterocycles. The van der Waals surface area contributed by atoms with Gasteiger partial charge in [0.05, 0.1) is 4.90 Å². The van der Waals surface area contributed by atoms with Crippen molar-refractivity contribution in [3.8, 4) is 0 Å². The van der Waals surface area contributed by atoms with Gasteiger partial charge in [-0.15, -0.1) is 0 Å². The van der Waals surface area contributed by atoms with E-state index in [1.807, 2.05) is 26.0 Å². The Kier molecular flexibility index (Phi) is 4.60. The molecular formula is C22H26N2O2S. The van der Waals surface area contributed by atoms with Crippen LogP contribution in [0.4, 0.5) is 0 Å². The zero-order chi connectivity index (χ0) is 19.2. The van der Waals surface area contributed by atoms with Crippen LogP contribution in [-0.2, 0) is 10.0 Å². The van der Waals surface area contributed by atoms with Crippen LogP contribution in [0.5, 0.6) is 0 Å². The second-order valence-corrected chi connectivity index (χ2v) is 9.57. The number of piperidine rings is 1. The Balaban J connectivity index is 1.56. The highest BCUT2D eigenvalue weighted by molar-refractivity contribution is 7.89. The maximum absolute atomic E-state index is 13.0. The van der Waals surface area contributed by atoms with E-state index < -0.39 is 10.0 Å². The van der Waals surface area contributed by atoms with Crippen LogP contribution in [0.3, 0.4) is 0 Å². The van der Waals surface area contributed by atoms with Crippen molar-refractivity contribution in [2.75, 3.05) is 13.1 Å². The molecule has 0 amide bonds. The van der Waals surface area contributed by atoms with Gasteiger partial charge in [-0.2, -0.15) is 4.31 Å². The molecule has 27 heavy (non-hydrogen) atoms. The van der Waals surface area contributed by atoms with Crippen molar-refractivity contribution >= 4 is 20.9 Å². The van der Waals surface area contributed by atoms with Crippen molar-refractivity contribution in [3.05, 3.63) is 64.8 Å². The molecule has 3 aromatic rings. The molecule has 2 aromatic carbocycles. The van der Waals surface area contributed by atoms with Crippen molar-refractivity contribution in [2.24, 2.45) is 0 Å². The van der Waals surface area contributed by atoms with E-state index in [0.29, 0.717) is 23.9 Å². The first kappa shape index (κ1) is 18.3. The average Bonchev–Trinajstić information content (AvgIpc) is 2.99. The molecule has 1 aromatic heterocycles. The van der Waals surface area contributed by atoms with Gasteiger partial charge in [-0.3, -0.25) is 0 Å². The Morgan fingerprint density at radius 3 is 2.37 bits per heavy atom. The van der Waals surface area contributed by atoms with Crippen LogP contribution < -0.4 is 0 Å². The molecule has 1 aliphatic rings. The molecule has 142 valence electrons. The number of hydrogen-bond acceptors (Lipinski definition) is 2. The normalized spacial score (nSPS) is 16.9. The van der Waals surface area contributed by atoms with Crippen LogP contribution in [0.25, 0.3) is 10.9 Å². The Bertz CT molecular complexity index is 1090. The molecule has 0 radical (unpaired) electrons. The van der Waals surface area contributed by atoms with Crippen LogP contribution in [0.1, 0.15) is 41.1 Å². The summed E-state index contributed by atoms with van der Waals surface area (Å²) in [6.45, 7) is 7.21. The number of nitrogens with one attached hydrogen (secondary N) is 1. The predicted octanol–water partition coefficient (Wildman–Crippen LogP) is 4.66. The number of nitrogens with zero attached hydrogens (tertiary/aromatic N) is 1. The van der Waals surface area contributed by atoms with Gasteiger partial charge in [0.25, 0.3) is 0 Å². The SMILES string of the molecule is Cc1ccc(S(=O)(=O)N2CCC(c3c(C)[nH]c4ccccc34)CC2)cc1C. The number of benzene rings is 2. The molecule has 0 bridgehead atoms. The highest BCUT2D eigenvalue weighted by Gasteiger charge is 2.31. The third-order valence-electron chi connectivity index (χ3n) is 5.92. The van der Waals surface area contributed by atoms with E-state index in [9.17, 15) is 8.42 Å². The molecule has 0 unspecified atom stereocenters. The minimum atomic E-state index is -3.42. The first-order valence-electron chi connectivity index (χ1n) is 9.52. The maximum Gasteiger partial charge on any atom is 0.243 e. The summed E-state index contributed by atoms with van der Waals surface area (Å²) in [5.74, 6) is 0.396. The highest BCUT2D eigenvalue weighted by Crippen LogP contribution is 2.36. The quantitative estimate of drug-likeness (QED) is 0.716. The third-order valence-corrected chi connectivity index (χ3v) is 7.82. The van der Waals surface area contributed by atoms with E-state index in [-0.39, 0.29) is 0 Å². The standard InChI is InChI=1S/C22H26N2O2S/c1-15-8-9-19(14-16(15)2)27(25,26)24-12-10-18(11-13-24)22-17(3)23-21-7-5-4-6-20(21)22/h4-9,14,18,23H,10-13H2,1-3H3. The number of fused-ring (bicyclic) bond motifs is 1. The van der Waals surface area contributed by atoms with Gasteiger partial charge in [-0.1, -0.05) is 24.3 Å². The lowest BCUT2D eigenvalue weighted by Crippen LogP contribution is -2.38. The van der Waals surface area contributed by atoms with Gasteiger partial charge < -0.3 is 4.98 Å². The number of sulfonamides is 1. The van der Waals surface area contributed by atoms with Crippen molar-refractivity contribution in [3.63, 3.8) is 0 Å². The van der Waals surface area contributed by atoms with Crippen LogP contribution >= 0.6 is 0 Å². The number of hydrogen-bond donors (Lipinski definition) is 1. The Morgan fingerprint density at radius 2 is 1.67 bits per heavy atom. The van der Waals surface area contributed by atoms with E-state index in [0.717, 1.165) is 29.5 Å². The Labute approximate surface area is 161 Å². The van der Waals surface area contributed by atoms with Crippen LogP contribution in [0.15, 0.2) is 47.4 Å². The monoisotopic (exact) mass is 382 g/mol. The zero-order valence-electron chi connectivity index (χ0n) is 16.1. The maximum atomic E-state index is 13.0. The van der Waals surface area contributed by atoms with Gasteiger partial charge in [-0.25, -0.2) is 8.42 Å². The largest absolute Gasteiger partial charge is 0.358 e. The summed E-state index contributed by atoms with van der Waals surface area (Å²) < 4.78 is 27.7. The molecular weight excluding hydrogens is 356 g/mol. The van der Waals surface area contributed by atoms with Gasteiger partial charge in [0.1, 0.15) is 0 Å². The summed E-state index contributed by atoms with van der Waals surface area (Å²) in [5, 5.41) is 1.27. The minimum Gasteiger partial charge on any atom is -0.358 e. The molecule has 2 heterocycles. The van der Waals surface area contributed by atoms with E-state index in [2.05, 4.69) is 30.1 Å². The summed E-state index contributed by atoms with van der Waals surface area (Å²) in [6.07, 6.45) is 1.71. The third kappa shape index (κ3) is 3.19. The smallest absolute Gasteiger partial charge is 0.243 e. The molecule has 4 nitrogen and oxygen atoms in total. The summed E-state index contributed by atoms with van der Waals surface area (Å²) in [4.78, 5) is 3.88. The van der Waals surface area contributed by atoms with Gasteiger partial charge >= 0.3 is 0 Å².